The summed E-state index contributed by atoms with van der Waals surface area (Å²) in [5.41, 5.74) is 0. The van der Waals surface area contributed by atoms with E-state index in [1.807, 2.05) is 0 Å². The van der Waals surface area contributed by atoms with Gasteiger partial charge in [0.15, 0.2) is 0 Å². The zero-order chi connectivity index (χ0) is 16.5. The topological polar surface area (TPSA) is 0 Å². The van der Waals surface area contributed by atoms with Gasteiger partial charge in [-0.1, -0.05) is 52.4 Å². The fraction of sp³-hybridized carbons (Fsp3) is 0.556. The summed E-state index contributed by atoms with van der Waals surface area (Å²) in [5.74, 6) is 0. The minimum Gasteiger partial charge on any atom is -0.273 e. The van der Waals surface area contributed by atoms with Gasteiger partial charge in [0.1, 0.15) is 0 Å². The maximum absolute atomic E-state index is 3.20. The molecule has 0 amide bonds. The molecule has 6 heteroatoms. The molecule has 1 radical (unpaired) electrons. The molecule has 137 valence electrons. The van der Waals surface area contributed by atoms with Crippen LogP contribution in [0.5, 0.6) is 0 Å². The summed E-state index contributed by atoms with van der Waals surface area (Å²) in [6.07, 6.45) is 17.4. The van der Waals surface area contributed by atoms with Crippen molar-refractivity contribution < 1.29 is 26.2 Å². The second kappa shape index (κ2) is 16.3. The van der Waals surface area contributed by atoms with Gasteiger partial charge in [0, 0.05) is 9.52 Å². The molecule has 0 aromatic rings. The first kappa shape index (κ1) is 32.7. The van der Waals surface area contributed by atoms with Crippen LogP contribution in [0.3, 0.4) is 0 Å². The maximum Gasteiger partial charge on any atom is 2.00 e. The van der Waals surface area contributed by atoms with Crippen LogP contribution in [-0.4, -0.2) is 25.7 Å². The van der Waals surface area contributed by atoms with Crippen molar-refractivity contribution in [3.63, 3.8) is 0 Å². The smallest absolute Gasteiger partial charge is 0.273 e. The number of hydrogen-bond donors (Lipinski definition) is 0. The van der Waals surface area contributed by atoms with Crippen molar-refractivity contribution >= 4 is 50.5 Å². The normalized spacial score (nSPS) is 14.5. The van der Waals surface area contributed by atoms with E-state index in [4.69, 9.17) is 0 Å². The van der Waals surface area contributed by atoms with Crippen molar-refractivity contribution in [2.75, 3.05) is 0 Å². The van der Waals surface area contributed by atoms with E-state index in [0.29, 0.717) is 0 Å². The zero-order valence-corrected chi connectivity index (χ0v) is 23.9. The van der Waals surface area contributed by atoms with Gasteiger partial charge in [0.05, 0.1) is 0 Å². The molecule has 0 atom stereocenters. The van der Waals surface area contributed by atoms with Crippen molar-refractivity contribution in [1.29, 1.82) is 0 Å². The fourth-order valence-electron chi connectivity index (χ4n) is 1.84. The molecule has 24 heavy (non-hydrogen) atoms. The van der Waals surface area contributed by atoms with E-state index in [9.17, 15) is 0 Å². The molecule has 0 fully saturated rings. The zero-order valence-electron chi connectivity index (χ0n) is 16.6. The molecule has 2 aliphatic rings. The summed E-state index contributed by atoms with van der Waals surface area (Å²) >= 11 is 0. The molecule has 0 aliphatic heterocycles. The predicted molar refractivity (Wildman–Crippen MR) is 121 cm³/mol. The largest absolute Gasteiger partial charge is 2.00 e. The number of hydrogen-bond acceptors (Lipinski definition) is 0. The van der Waals surface area contributed by atoms with Crippen LogP contribution in [0.25, 0.3) is 0 Å². The molecule has 0 aromatic heterocycles. The SMILES string of the molecule is C[SiH]C.C[Si](C)(C)C1=CC[C-]=C1.C[Si](C)(C)C1=CC[C-]=C1.Cl.Cl.[Zr+2]. The molecule has 0 aromatic carbocycles. The average Bonchev–Trinajstić information content (AvgIpc) is 3.03. The van der Waals surface area contributed by atoms with E-state index in [1.165, 1.54) is 0 Å². The molecule has 0 bridgehead atoms. The first-order valence-electron chi connectivity index (χ1n) is 7.91. The van der Waals surface area contributed by atoms with Crippen LogP contribution in [0.4, 0.5) is 0 Å². The fourth-order valence-corrected chi connectivity index (χ4v) is 4.34. The second-order valence-electron chi connectivity index (χ2n) is 7.50. The Morgan fingerprint density at radius 2 is 1.00 bits per heavy atom. The summed E-state index contributed by atoms with van der Waals surface area (Å²) in [7, 11) is -1.21. The Hall–Kier alpha value is 1.07. The minimum absolute atomic E-state index is 0. The molecule has 0 N–H and O–H groups in total. The number of rotatable bonds is 2. The summed E-state index contributed by atoms with van der Waals surface area (Å²) in [4.78, 5) is 0. The van der Waals surface area contributed by atoms with Gasteiger partial charge < -0.3 is 0 Å². The number of allylic oxidation sites excluding steroid dienone is 8. The Balaban J connectivity index is -0.000000130. The van der Waals surface area contributed by atoms with Crippen molar-refractivity contribution in [3.05, 3.63) is 46.8 Å². The van der Waals surface area contributed by atoms with Crippen LogP contribution in [0.15, 0.2) is 34.7 Å². The molecule has 0 saturated carbocycles. The van der Waals surface area contributed by atoms with Gasteiger partial charge in [-0.2, -0.15) is 12.2 Å². The van der Waals surface area contributed by atoms with Gasteiger partial charge in [-0.25, -0.2) is 22.5 Å². The third-order valence-electron chi connectivity index (χ3n) is 3.13. The summed E-state index contributed by atoms with van der Waals surface area (Å²) < 4.78 is 0. The summed E-state index contributed by atoms with van der Waals surface area (Å²) in [6, 6.07) is 0. The predicted octanol–water partition coefficient (Wildman–Crippen LogP) is 6.47. The third-order valence-corrected chi connectivity index (χ3v) is 7.29. The Labute approximate surface area is 187 Å². The van der Waals surface area contributed by atoms with Crippen LogP contribution < -0.4 is 0 Å². The molecule has 0 unspecified atom stereocenters. The van der Waals surface area contributed by atoms with Crippen LogP contribution in [-0.2, 0) is 26.2 Å². The molecule has 0 saturated heterocycles. The van der Waals surface area contributed by atoms with E-state index >= 15 is 0 Å². The minimum atomic E-state index is -0.981. The van der Waals surface area contributed by atoms with E-state index in [2.05, 4.69) is 88.8 Å². The summed E-state index contributed by atoms with van der Waals surface area (Å²) in [6.45, 7) is 18.6. The van der Waals surface area contributed by atoms with Crippen LogP contribution in [0.2, 0.25) is 52.4 Å². The Morgan fingerprint density at radius 1 is 0.750 bits per heavy atom. The Morgan fingerprint density at radius 3 is 1.08 bits per heavy atom. The Kier molecular flexibility index (Phi) is 22.2. The molecular weight excluding hydrogens is 463 g/mol. The molecule has 2 rings (SSSR count). The maximum atomic E-state index is 3.20. The van der Waals surface area contributed by atoms with Gasteiger partial charge in [-0.15, -0.1) is 37.7 Å². The molecular formula is C18H35Cl2Si3Zr. The van der Waals surface area contributed by atoms with Crippen LogP contribution >= 0.6 is 24.8 Å². The van der Waals surface area contributed by atoms with Crippen molar-refractivity contribution in [2.24, 2.45) is 0 Å². The van der Waals surface area contributed by atoms with E-state index in [0.717, 1.165) is 22.4 Å². The van der Waals surface area contributed by atoms with Gasteiger partial charge in [0.2, 0.25) is 0 Å². The molecule has 0 spiro atoms. The summed E-state index contributed by atoms with van der Waals surface area (Å²) in [5, 5.41) is 3.12. The monoisotopic (exact) mass is 495 g/mol. The van der Waals surface area contributed by atoms with E-state index < -0.39 is 16.1 Å². The standard InChI is InChI=1S/2C8H13Si.C2H7Si.2ClH.Zr/c2*1-9(2,3)8-6-4-5-7-8;1-3-2;;;/h2*6-7H,4H2,1-3H3;3H,1-2H3;2*1H;/q2*-1;;;;+2. The molecule has 2 aliphatic carbocycles. The quantitative estimate of drug-likeness (QED) is 0.303. The van der Waals surface area contributed by atoms with Crippen LogP contribution in [0.1, 0.15) is 12.8 Å². The first-order chi connectivity index (χ1) is 9.62. The average molecular weight is 498 g/mol. The van der Waals surface area contributed by atoms with Crippen LogP contribution in [0, 0.1) is 12.2 Å². The van der Waals surface area contributed by atoms with Gasteiger partial charge in [-0.05, 0) is 16.1 Å². The third kappa shape index (κ3) is 15.3. The van der Waals surface area contributed by atoms with E-state index in [1.54, 1.807) is 10.4 Å². The van der Waals surface area contributed by atoms with E-state index in [-0.39, 0.29) is 51.0 Å². The van der Waals surface area contributed by atoms with Crippen molar-refractivity contribution in [2.45, 2.75) is 65.2 Å². The van der Waals surface area contributed by atoms with Gasteiger partial charge in [-0.3, -0.25) is 12.2 Å². The van der Waals surface area contributed by atoms with Gasteiger partial charge >= 0.3 is 26.2 Å². The second-order valence-corrected chi connectivity index (χ2v) is 18.8. The Bertz CT molecular complexity index is 389. The first-order valence-corrected chi connectivity index (χ1v) is 17.2. The van der Waals surface area contributed by atoms with Gasteiger partial charge in [0.25, 0.3) is 0 Å². The molecule has 0 heterocycles. The van der Waals surface area contributed by atoms with Crippen molar-refractivity contribution in [1.82, 2.24) is 0 Å². The molecule has 0 nitrogen and oxygen atoms in total. The van der Waals surface area contributed by atoms with Crippen molar-refractivity contribution in [3.8, 4) is 0 Å². The number of halogens is 2.